The Hall–Kier alpha value is -0.570. The number of hydrogen-bond donors (Lipinski definition) is 1. The predicted molar refractivity (Wildman–Crippen MR) is 65.4 cm³/mol. The number of rotatable bonds is 3. The lowest BCUT2D eigenvalue weighted by atomic mass is 9.95. The first-order valence-corrected chi connectivity index (χ1v) is 7.21. The lowest BCUT2D eigenvalue weighted by molar-refractivity contribution is -0.139. The lowest BCUT2D eigenvalue weighted by Crippen LogP contribution is -2.46. The molecule has 0 aromatic rings. The largest absolute Gasteiger partial charge is 0.396 e. The number of amides is 1. The first kappa shape index (κ1) is 11.5. The van der Waals surface area contributed by atoms with E-state index in [1.54, 1.807) is 0 Å². The van der Waals surface area contributed by atoms with Gasteiger partial charge in [-0.3, -0.25) is 4.79 Å². The molecule has 96 valence electrons. The first-order valence-electron chi connectivity index (χ1n) is 7.21. The molecule has 1 N–H and O–H groups in total. The summed E-state index contributed by atoms with van der Waals surface area (Å²) < 4.78 is 0. The van der Waals surface area contributed by atoms with Gasteiger partial charge in [-0.15, -0.1) is 0 Å². The Bertz CT molecular complexity index is 293. The van der Waals surface area contributed by atoms with E-state index in [9.17, 15) is 4.79 Å². The zero-order valence-electron chi connectivity index (χ0n) is 10.5. The van der Waals surface area contributed by atoms with Crippen LogP contribution in [0.25, 0.3) is 0 Å². The standard InChI is InChI=1S/C14H23NO2/c16-6-4-13-3-1-2-5-15(13)14(17)12-8-10-7-11(10)9-12/h10-13,16H,1-9H2. The lowest BCUT2D eigenvalue weighted by Gasteiger charge is -2.37. The van der Waals surface area contributed by atoms with Crippen molar-refractivity contribution in [1.82, 2.24) is 4.90 Å². The van der Waals surface area contributed by atoms with Gasteiger partial charge in [0.15, 0.2) is 0 Å². The van der Waals surface area contributed by atoms with Crippen molar-refractivity contribution in [3.8, 4) is 0 Å². The topological polar surface area (TPSA) is 40.5 Å². The molecule has 0 bridgehead atoms. The first-order chi connectivity index (χ1) is 8.29. The van der Waals surface area contributed by atoms with Crippen LogP contribution in [0.15, 0.2) is 0 Å². The fraction of sp³-hybridized carbons (Fsp3) is 0.929. The molecule has 2 saturated carbocycles. The van der Waals surface area contributed by atoms with Gasteiger partial charge in [0.05, 0.1) is 0 Å². The van der Waals surface area contributed by atoms with E-state index in [1.165, 1.54) is 12.8 Å². The predicted octanol–water partition coefficient (Wildman–Crippen LogP) is 1.80. The molecule has 3 unspecified atom stereocenters. The highest BCUT2D eigenvalue weighted by Crippen LogP contribution is 2.54. The average Bonchev–Trinajstić information content (AvgIpc) is 2.96. The highest BCUT2D eigenvalue weighted by molar-refractivity contribution is 5.79. The van der Waals surface area contributed by atoms with Crippen LogP contribution in [0.3, 0.4) is 0 Å². The number of carbonyl (C=O) groups is 1. The van der Waals surface area contributed by atoms with Crippen molar-refractivity contribution in [2.24, 2.45) is 17.8 Å². The van der Waals surface area contributed by atoms with Gasteiger partial charge < -0.3 is 10.0 Å². The van der Waals surface area contributed by atoms with Crippen molar-refractivity contribution in [3.63, 3.8) is 0 Å². The van der Waals surface area contributed by atoms with E-state index < -0.39 is 0 Å². The Morgan fingerprint density at radius 1 is 1.18 bits per heavy atom. The van der Waals surface area contributed by atoms with E-state index in [-0.39, 0.29) is 6.61 Å². The molecule has 3 atom stereocenters. The normalized spacial score (nSPS) is 40.2. The number of hydrogen-bond acceptors (Lipinski definition) is 2. The minimum Gasteiger partial charge on any atom is -0.396 e. The van der Waals surface area contributed by atoms with Gasteiger partial charge in [0.25, 0.3) is 0 Å². The molecular formula is C14H23NO2. The molecule has 1 saturated heterocycles. The molecule has 3 fully saturated rings. The quantitative estimate of drug-likeness (QED) is 0.813. The molecule has 0 aromatic carbocycles. The third-order valence-electron chi connectivity index (χ3n) is 4.97. The second-order valence-electron chi connectivity index (χ2n) is 6.12. The maximum atomic E-state index is 12.5. The van der Waals surface area contributed by atoms with Crippen LogP contribution in [0.2, 0.25) is 0 Å². The van der Waals surface area contributed by atoms with E-state index in [4.69, 9.17) is 5.11 Å². The molecule has 0 aromatic heterocycles. The van der Waals surface area contributed by atoms with Crippen molar-refractivity contribution in [2.45, 2.75) is 51.0 Å². The zero-order chi connectivity index (χ0) is 11.8. The summed E-state index contributed by atoms with van der Waals surface area (Å²) in [6.45, 7) is 1.14. The van der Waals surface area contributed by atoms with Gasteiger partial charge in [0.1, 0.15) is 0 Å². The van der Waals surface area contributed by atoms with Crippen LogP contribution in [0.1, 0.15) is 44.9 Å². The van der Waals surface area contributed by atoms with Gasteiger partial charge in [0, 0.05) is 25.1 Å². The second kappa shape index (κ2) is 4.60. The summed E-state index contributed by atoms with van der Waals surface area (Å²) in [5.74, 6) is 2.48. The highest BCUT2D eigenvalue weighted by Gasteiger charge is 2.49. The molecule has 1 amide bonds. The number of fused-ring (bicyclic) bond motifs is 1. The van der Waals surface area contributed by atoms with E-state index in [0.717, 1.165) is 50.5 Å². The van der Waals surface area contributed by atoms with Gasteiger partial charge >= 0.3 is 0 Å². The van der Waals surface area contributed by atoms with Gasteiger partial charge in [-0.2, -0.15) is 0 Å². The number of aliphatic hydroxyl groups excluding tert-OH is 1. The van der Waals surface area contributed by atoms with Crippen LogP contribution in [-0.4, -0.2) is 35.1 Å². The van der Waals surface area contributed by atoms with Crippen LogP contribution in [0.4, 0.5) is 0 Å². The number of likely N-dealkylation sites (tertiary alicyclic amines) is 1. The van der Waals surface area contributed by atoms with E-state index in [0.29, 0.717) is 17.9 Å². The Kier molecular flexibility index (Phi) is 3.12. The number of aliphatic hydroxyl groups is 1. The Morgan fingerprint density at radius 2 is 1.94 bits per heavy atom. The minimum atomic E-state index is 0.213. The van der Waals surface area contributed by atoms with Gasteiger partial charge in [-0.25, -0.2) is 0 Å². The van der Waals surface area contributed by atoms with Crippen LogP contribution < -0.4 is 0 Å². The third-order valence-corrected chi connectivity index (χ3v) is 4.97. The summed E-state index contributed by atoms with van der Waals surface area (Å²) in [7, 11) is 0. The molecule has 1 aliphatic heterocycles. The molecule has 1 heterocycles. The van der Waals surface area contributed by atoms with Crippen LogP contribution in [-0.2, 0) is 4.79 Å². The smallest absolute Gasteiger partial charge is 0.225 e. The molecular weight excluding hydrogens is 214 g/mol. The monoisotopic (exact) mass is 237 g/mol. The van der Waals surface area contributed by atoms with Crippen molar-refractivity contribution >= 4 is 5.91 Å². The molecule has 3 heteroatoms. The van der Waals surface area contributed by atoms with Crippen LogP contribution >= 0.6 is 0 Å². The van der Waals surface area contributed by atoms with Crippen LogP contribution in [0.5, 0.6) is 0 Å². The third kappa shape index (κ3) is 2.22. The molecule has 3 aliphatic rings. The van der Waals surface area contributed by atoms with E-state index >= 15 is 0 Å². The highest BCUT2D eigenvalue weighted by atomic mass is 16.3. The summed E-state index contributed by atoms with van der Waals surface area (Å²) in [6, 6.07) is 0.318. The van der Waals surface area contributed by atoms with Crippen molar-refractivity contribution in [3.05, 3.63) is 0 Å². The molecule has 0 radical (unpaired) electrons. The fourth-order valence-electron chi connectivity index (χ4n) is 3.89. The Labute approximate surface area is 103 Å². The Morgan fingerprint density at radius 3 is 2.65 bits per heavy atom. The van der Waals surface area contributed by atoms with Crippen molar-refractivity contribution in [1.29, 1.82) is 0 Å². The summed E-state index contributed by atoms with van der Waals surface area (Å²) in [4.78, 5) is 14.6. The molecule has 0 spiro atoms. The maximum absolute atomic E-state index is 12.5. The SMILES string of the molecule is O=C(C1CC2CC2C1)N1CCCCC1CCO. The zero-order valence-corrected chi connectivity index (χ0v) is 10.5. The molecule has 2 aliphatic carbocycles. The summed E-state index contributed by atoms with van der Waals surface area (Å²) in [6.07, 6.45) is 7.89. The number of carbonyl (C=O) groups excluding carboxylic acids is 1. The summed E-state index contributed by atoms with van der Waals surface area (Å²) >= 11 is 0. The molecule has 17 heavy (non-hydrogen) atoms. The second-order valence-corrected chi connectivity index (χ2v) is 6.12. The number of nitrogens with zero attached hydrogens (tertiary/aromatic N) is 1. The fourth-order valence-corrected chi connectivity index (χ4v) is 3.89. The van der Waals surface area contributed by atoms with E-state index in [1.807, 2.05) is 0 Å². The van der Waals surface area contributed by atoms with Gasteiger partial charge in [-0.1, -0.05) is 0 Å². The van der Waals surface area contributed by atoms with Crippen molar-refractivity contribution in [2.75, 3.05) is 13.2 Å². The summed E-state index contributed by atoms with van der Waals surface area (Å²) in [5.41, 5.74) is 0. The molecule has 3 nitrogen and oxygen atoms in total. The van der Waals surface area contributed by atoms with Crippen molar-refractivity contribution < 1.29 is 9.90 Å². The average molecular weight is 237 g/mol. The Balaban J connectivity index is 1.61. The van der Waals surface area contributed by atoms with Crippen LogP contribution in [0, 0.1) is 17.8 Å². The molecule has 3 rings (SSSR count). The maximum Gasteiger partial charge on any atom is 0.225 e. The minimum absolute atomic E-state index is 0.213. The van der Waals surface area contributed by atoms with Gasteiger partial charge in [0.2, 0.25) is 5.91 Å². The van der Waals surface area contributed by atoms with Gasteiger partial charge in [-0.05, 0) is 56.8 Å². The number of piperidine rings is 1. The van der Waals surface area contributed by atoms with E-state index in [2.05, 4.69) is 4.90 Å². The summed E-state index contributed by atoms with van der Waals surface area (Å²) in [5, 5.41) is 9.09.